The quantitative estimate of drug-likeness (QED) is 0.560. The average Bonchev–Trinajstić information content (AvgIpc) is 3.33. The molecule has 0 aliphatic rings. The van der Waals surface area contributed by atoms with Crippen molar-refractivity contribution in [3.63, 3.8) is 0 Å². The Labute approximate surface area is 184 Å². The van der Waals surface area contributed by atoms with E-state index in [1.807, 2.05) is 51.1 Å². The van der Waals surface area contributed by atoms with E-state index in [0.717, 1.165) is 11.6 Å². The molecule has 6 nitrogen and oxygen atoms in total. The van der Waals surface area contributed by atoms with Gasteiger partial charge in [-0.05, 0) is 17.5 Å². The maximum atomic E-state index is 13.0. The number of methoxy groups -OCH3 is 1. The molecule has 172 valence electrons. The van der Waals surface area contributed by atoms with Gasteiger partial charge in [0.1, 0.15) is 17.7 Å². The average molecular weight is 449 g/mol. The van der Waals surface area contributed by atoms with Crippen LogP contribution in [0.4, 0.5) is 13.2 Å². The summed E-state index contributed by atoms with van der Waals surface area (Å²) < 4.78 is 51.1. The maximum absolute atomic E-state index is 13.0. The van der Waals surface area contributed by atoms with Crippen LogP contribution in [0.25, 0.3) is 11.3 Å². The summed E-state index contributed by atoms with van der Waals surface area (Å²) in [5, 5.41) is 0. The van der Waals surface area contributed by atoms with E-state index >= 15 is 0 Å². The van der Waals surface area contributed by atoms with Gasteiger partial charge in [0.15, 0.2) is 0 Å². The summed E-state index contributed by atoms with van der Waals surface area (Å²) in [5.74, 6) is -1.72. The molecular weight excluding hydrogens is 423 g/mol. The number of halogens is 3. The Morgan fingerprint density at radius 2 is 1.81 bits per heavy atom. The Balaban J connectivity index is 2.13. The molecule has 0 bridgehead atoms. The number of carbonyl (C=O) groups is 1. The molecule has 2 atom stereocenters. The molecule has 0 saturated carbocycles. The molecule has 2 heterocycles. The Hall–Kier alpha value is -3.07. The second-order valence-corrected chi connectivity index (χ2v) is 8.64. The van der Waals surface area contributed by atoms with Gasteiger partial charge in [-0.25, -0.2) is 4.98 Å². The monoisotopic (exact) mass is 449 g/mol. The zero-order valence-electron chi connectivity index (χ0n) is 18.3. The summed E-state index contributed by atoms with van der Waals surface area (Å²) in [6.07, 6.45) is -3.83. The highest BCUT2D eigenvalue weighted by Crippen LogP contribution is 2.40. The van der Waals surface area contributed by atoms with Gasteiger partial charge in [0.2, 0.25) is 11.7 Å². The summed E-state index contributed by atoms with van der Waals surface area (Å²) in [6.45, 7) is 5.75. The van der Waals surface area contributed by atoms with Crippen molar-refractivity contribution in [3.05, 3.63) is 66.0 Å². The van der Waals surface area contributed by atoms with E-state index in [1.54, 1.807) is 10.8 Å². The molecule has 3 aromatic rings. The highest BCUT2D eigenvalue weighted by molar-refractivity contribution is 5.80. The van der Waals surface area contributed by atoms with Crippen molar-refractivity contribution in [2.24, 2.45) is 11.1 Å². The van der Waals surface area contributed by atoms with Gasteiger partial charge in [0.05, 0.1) is 18.2 Å². The number of rotatable bonds is 7. The minimum absolute atomic E-state index is 0.00692. The van der Waals surface area contributed by atoms with Crippen LogP contribution in [0.2, 0.25) is 0 Å². The van der Waals surface area contributed by atoms with Crippen LogP contribution in [0.15, 0.2) is 53.1 Å². The van der Waals surface area contributed by atoms with Crippen LogP contribution in [0, 0.1) is 5.41 Å². The van der Waals surface area contributed by atoms with Crippen molar-refractivity contribution in [2.75, 3.05) is 7.11 Å². The van der Waals surface area contributed by atoms with E-state index in [0.29, 0.717) is 11.5 Å². The van der Waals surface area contributed by atoms with Crippen LogP contribution in [-0.4, -0.2) is 28.7 Å². The lowest BCUT2D eigenvalue weighted by Crippen LogP contribution is -2.42. The minimum atomic E-state index is -4.58. The summed E-state index contributed by atoms with van der Waals surface area (Å²) in [7, 11) is 1.39. The molecule has 0 spiro atoms. The Bertz CT molecular complexity index is 1070. The van der Waals surface area contributed by atoms with Gasteiger partial charge in [-0.1, -0.05) is 51.1 Å². The normalized spacial score (nSPS) is 14.3. The lowest BCUT2D eigenvalue weighted by atomic mass is 9.76. The molecule has 9 heteroatoms. The third-order valence-corrected chi connectivity index (χ3v) is 5.19. The summed E-state index contributed by atoms with van der Waals surface area (Å²) in [6, 6.07) is 11.5. The largest absolute Gasteiger partial charge is 0.455 e. The number of amides is 1. The molecule has 0 fully saturated rings. The standard InChI is InChI=1S/C23H26F3N3O3/c1-22(2,3)18(19(31-4)20(27)30)21-28-16(14-8-6-5-7-9-14)13-29(21)12-15-10-11-17(32-15)23(24,25)26/h5-11,13,18-19H,12H2,1-4H3,(H2,27,30)/t18-,19?/m0/s1. The third-order valence-electron chi connectivity index (χ3n) is 5.19. The number of hydrogen-bond acceptors (Lipinski definition) is 4. The second-order valence-electron chi connectivity index (χ2n) is 8.64. The van der Waals surface area contributed by atoms with E-state index in [1.165, 1.54) is 13.2 Å². The highest BCUT2D eigenvalue weighted by atomic mass is 19.4. The lowest BCUT2D eigenvalue weighted by Gasteiger charge is -2.34. The molecule has 1 unspecified atom stereocenters. The van der Waals surface area contributed by atoms with Gasteiger partial charge in [-0.2, -0.15) is 13.2 Å². The molecule has 1 aromatic carbocycles. The first-order valence-electron chi connectivity index (χ1n) is 10.0. The number of nitrogens with two attached hydrogens (primary N) is 1. The zero-order valence-corrected chi connectivity index (χ0v) is 18.3. The van der Waals surface area contributed by atoms with E-state index in [4.69, 9.17) is 19.9 Å². The number of carbonyl (C=O) groups excluding carboxylic acids is 1. The Kier molecular flexibility index (Phi) is 6.50. The summed E-state index contributed by atoms with van der Waals surface area (Å²) in [5.41, 5.74) is 6.53. The highest BCUT2D eigenvalue weighted by Gasteiger charge is 2.41. The fourth-order valence-electron chi connectivity index (χ4n) is 3.73. The van der Waals surface area contributed by atoms with E-state index in [9.17, 15) is 18.0 Å². The number of ether oxygens (including phenoxy) is 1. The smallest absolute Gasteiger partial charge is 0.449 e. The molecule has 0 radical (unpaired) electrons. The molecule has 0 aliphatic heterocycles. The number of nitrogens with zero attached hydrogens (tertiary/aromatic N) is 2. The predicted octanol–water partition coefficient (Wildman–Crippen LogP) is 4.84. The fourth-order valence-corrected chi connectivity index (χ4v) is 3.73. The van der Waals surface area contributed by atoms with Crippen LogP contribution >= 0.6 is 0 Å². The van der Waals surface area contributed by atoms with Crippen molar-refractivity contribution >= 4 is 5.91 Å². The van der Waals surface area contributed by atoms with Gasteiger partial charge >= 0.3 is 6.18 Å². The van der Waals surface area contributed by atoms with Gasteiger partial charge in [-0.15, -0.1) is 0 Å². The molecule has 2 aromatic heterocycles. The SMILES string of the molecule is COC(C(N)=O)[C@@H](c1nc(-c2ccccc2)cn1Cc1ccc(C(F)(F)F)o1)C(C)(C)C. The number of furan rings is 1. The maximum Gasteiger partial charge on any atom is 0.449 e. The van der Waals surface area contributed by atoms with Crippen LogP contribution in [0.1, 0.15) is 44.0 Å². The van der Waals surface area contributed by atoms with E-state index in [2.05, 4.69) is 0 Å². The van der Waals surface area contributed by atoms with Crippen molar-refractivity contribution in [2.45, 2.75) is 45.5 Å². The number of imidazole rings is 1. The predicted molar refractivity (Wildman–Crippen MR) is 113 cm³/mol. The summed E-state index contributed by atoms with van der Waals surface area (Å²) in [4.78, 5) is 16.9. The van der Waals surface area contributed by atoms with Crippen LogP contribution in [-0.2, 0) is 22.3 Å². The first-order chi connectivity index (χ1) is 14.9. The van der Waals surface area contributed by atoms with Crippen molar-refractivity contribution in [1.29, 1.82) is 0 Å². The van der Waals surface area contributed by atoms with E-state index < -0.39 is 35.3 Å². The molecular formula is C23H26F3N3O3. The number of alkyl halides is 3. The van der Waals surface area contributed by atoms with Gasteiger partial charge < -0.3 is 19.5 Å². The number of benzene rings is 1. The fraction of sp³-hybridized carbons (Fsp3) is 0.391. The lowest BCUT2D eigenvalue weighted by molar-refractivity contribution is -0.153. The van der Waals surface area contributed by atoms with Crippen LogP contribution < -0.4 is 5.73 Å². The van der Waals surface area contributed by atoms with Crippen LogP contribution in [0.3, 0.4) is 0 Å². The van der Waals surface area contributed by atoms with Crippen molar-refractivity contribution in [3.8, 4) is 11.3 Å². The summed E-state index contributed by atoms with van der Waals surface area (Å²) >= 11 is 0. The zero-order chi connectivity index (χ0) is 23.7. The van der Waals surface area contributed by atoms with Gasteiger partial charge in [0.25, 0.3) is 0 Å². The molecule has 1 amide bonds. The van der Waals surface area contributed by atoms with Crippen LogP contribution in [0.5, 0.6) is 0 Å². The molecule has 32 heavy (non-hydrogen) atoms. The number of primary amides is 1. The Morgan fingerprint density at radius 1 is 1.16 bits per heavy atom. The molecule has 2 N–H and O–H groups in total. The topological polar surface area (TPSA) is 83.3 Å². The second kappa shape index (κ2) is 8.82. The molecule has 0 aliphatic carbocycles. The third kappa shape index (κ3) is 5.04. The van der Waals surface area contributed by atoms with Gasteiger partial charge in [-0.3, -0.25) is 4.79 Å². The molecule has 3 rings (SSSR count). The first-order valence-corrected chi connectivity index (χ1v) is 10.0. The van der Waals surface area contributed by atoms with Crippen molar-refractivity contribution in [1.82, 2.24) is 9.55 Å². The number of aromatic nitrogens is 2. The molecule has 0 saturated heterocycles. The number of hydrogen-bond donors (Lipinski definition) is 1. The van der Waals surface area contributed by atoms with E-state index in [-0.39, 0.29) is 12.3 Å². The Morgan fingerprint density at radius 3 is 2.31 bits per heavy atom. The van der Waals surface area contributed by atoms with Crippen molar-refractivity contribution < 1.29 is 27.1 Å². The first kappa shape index (κ1) is 23.6. The minimum Gasteiger partial charge on any atom is -0.455 e. The van der Waals surface area contributed by atoms with Gasteiger partial charge in [0, 0.05) is 18.9 Å².